The second kappa shape index (κ2) is 7.38. The largest absolute Gasteiger partial charge is 0.235 e. The lowest BCUT2D eigenvalue weighted by molar-refractivity contribution is 1.37. The molecule has 6 heteroatoms. The van der Waals surface area contributed by atoms with Crippen molar-refractivity contribution in [3.05, 3.63) is 73.5 Å². The minimum Gasteiger partial charge on any atom is -0.235 e. The van der Waals surface area contributed by atoms with Crippen LogP contribution in [0.3, 0.4) is 0 Å². The van der Waals surface area contributed by atoms with Crippen LogP contribution in [-0.2, 0) is 0 Å². The van der Waals surface area contributed by atoms with E-state index in [2.05, 4.69) is 11.1 Å². The topological polar surface area (TPSA) is 36.7 Å². The second-order valence-corrected chi connectivity index (χ2v) is 7.02. The smallest absolute Gasteiger partial charge is 0.134 e. The van der Waals surface area contributed by atoms with Gasteiger partial charge in [-0.15, -0.1) is 11.3 Å². The molecule has 0 radical (unpaired) electrons. The Kier molecular flexibility index (Phi) is 5.23. The Hall–Kier alpha value is -1.83. The van der Waals surface area contributed by atoms with E-state index in [1.807, 2.05) is 29.6 Å². The predicted octanol–water partition coefficient (Wildman–Crippen LogP) is 6.83. The molecule has 1 heterocycles. The van der Waals surface area contributed by atoms with Crippen LogP contribution in [0.2, 0.25) is 15.1 Å². The van der Waals surface area contributed by atoms with E-state index in [0.29, 0.717) is 25.6 Å². The van der Waals surface area contributed by atoms with E-state index < -0.39 is 0 Å². The number of hydrogen-bond acceptors (Lipinski definition) is 3. The van der Waals surface area contributed by atoms with Gasteiger partial charge in [0.1, 0.15) is 11.1 Å². The summed E-state index contributed by atoms with van der Waals surface area (Å²) in [5.41, 5.74) is 2.85. The number of thiazole rings is 1. The molecule has 24 heavy (non-hydrogen) atoms. The van der Waals surface area contributed by atoms with Crippen molar-refractivity contribution in [2.75, 3.05) is 0 Å². The molecule has 0 saturated heterocycles. The zero-order valence-corrected chi connectivity index (χ0v) is 15.2. The molecule has 3 aromatic rings. The normalized spacial score (nSPS) is 11.3. The lowest BCUT2D eigenvalue weighted by Crippen LogP contribution is -1.84. The van der Waals surface area contributed by atoms with Gasteiger partial charge in [-0.2, -0.15) is 5.26 Å². The molecule has 0 amide bonds. The number of hydrogen-bond donors (Lipinski definition) is 0. The van der Waals surface area contributed by atoms with Crippen molar-refractivity contribution >= 4 is 57.8 Å². The number of benzene rings is 2. The van der Waals surface area contributed by atoms with Crippen molar-refractivity contribution in [3.8, 4) is 17.3 Å². The Morgan fingerprint density at radius 1 is 1.08 bits per heavy atom. The van der Waals surface area contributed by atoms with Crippen LogP contribution in [0.1, 0.15) is 10.6 Å². The maximum atomic E-state index is 9.47. The Labute approximate surface area is 158 Å². The molecule has 0 N–H and O–H groups in total. The van der Waals surface area contributed by atoms with Crippen molar-refractivity contribution in [3.63, 3.8) is 0 Å². The molecule has 3 rings (SSSR count). The van der Waals surface area contributed by atoms with E-state index in [0.717, 1.165) is 16.8 Å². The lowest BCUT2D eigenvalue weighted by atomic mass is 10.1. The highest BCUT2D eigenvalue weighted by molar-refractivity contribution is 7.11. The van der Waals surface area contributed by atoms with Gasteiger partial charge in [0, 0.05) is 26.0 Å². The van der Waals surface area contributed by atoms with Crippen LogP contribution in [0.4, 0.5) is 0 Å². The number of halogens is 3. The molecule has 0 spiro atoms. The summed E-state index contributed by atoms with van der Waals surface area (Å²) in [7, 11) is 0. The first kappa shape index (κ1) is 17.0. The van der Waals surface area contributed by atoms with Gasteiger partial charge in [0.05, 0.1) is 11.3 Å². The maximum Gasteiger partial charge on any atom is 0.134 e. The summed E-state index contributed by atoms with van der Waals surface area (Å²) in [4.78, 5) is 4.54. The zero-order valence-electron chi connectivity index (χ0n) is 12.1. The maximum absolute atomic E-state index is 9.47. The van der Waals surface area contributed by atoms with Gasteiger partial charge in [-0.25, -0.2) is 4.98 Å². The van der Waals surface area contributed by atoms with Gasteiger partial charge in [0.15, 0.2) is 0 Å². The highest BCUT2D eigenvalue weighted by Crippen LogP contribution is 2.30. The van der Waals surface area contributed by atoms with Crippen LogP contribution >= 0.6 is 46.1 Å². The molecule has 0 aliphatic rings. The van der Waals surface area contributed by atoms with Crippen LogP contribution in [0.15, 0.2) is 47.8 Å². The van der Waals surface area contributed by atoms with E-state index in [4.69, 9.17) is 34.8 Å². The fourth-order valence-corrected chi connectivity index (χ4v) is 3.54. The Morgan fingerprint density at radius 2 is 1.88 bits per heavy atom. The van der Waals surface area contributed by atoms with Gasteiger partial charge in [0.25, 0.3) is 0 Å². The molecule has 0 saturated carbocycles. The van der Waals surface area contributed by atoms with Crippen molar-refractivity contribution in [2.45, 2.75) is 0 Å². The Morgan fingerprint density at radius 3 is 2.58 bits per heavy atom. The highest BCUT2D eigenvalue weighted by atomic mass is 35.5. The molecule has 0 aliphatic carbocycles. The predicted molar refractivity (Wildman–Crippen MR) is 103 cm³/mol. The molecule has 118 valence electrons. The molecular formula is C18H9Cl3N2S. The summed E-state index contributed by atoms with van der Waals surface area (Å²) >= 11 is 19.5. The van der Waals surface area contributed by atoms with Gasteiger partial charge >= 0.3 is 0 Å². The van der Waals surface area contributed by atoms with Crippen LogP contribution in [0.5, 0.6) is 0 Å². The molecule has 2 aromatic carbocycles. The molecule has 2 nitrogen and oxygen atoms in total. The number of nitrogens with zero attached hydrogens (tertiary/aromatic N) is 2. The molecule has 0 fully saturated rings. The van der Waals surface area contributed by atoms with E-state index in [9.17, 15) is 5.26 Å². The summed E-state index contributed by atoms with van der Waals surface area (Å²) in [5.74, 6) is 0. The van der Waals surface area contributed by atoms with Crippen LogP contribution in [-0.4, -0.2) is 4.98 Å². The van der Waals surface area contributed by atoms with E-state index in [1.165, 1.54) is 11.3 Å². The Bertz CT molecular complexity index is 970. The monoisotopic (exact) mass is 390 g/mol. The van der Waals surface area contributed by atoms with Gasteiger partial charge in [0.2, 0.25) is 0 Å². The third-order valence-electron chi connectivity index (χ3n) is 3.24. The van der Waals surface area contributed by atoms with E-state index in [1.54, 1.807) is 24.3 Å². The molecule has 0 aliphatic heterocycles. The van der Waals surface area contributed by atoms with Crippen molar-refractivity contribution in [2.24, 2.45) is 0 Å². The first-order chi connectivity index (χ1) is 11.6. The quantitative estimate of drug-likeness (QED) is 0.458. The minimum absolute atomic E-state index is 0.442. The number of aromatic nitrogens is 1. The van der Waals surface area contributed by atoms with Gasteiger partial charge < -0.3 is 0 Å². The summed E-state index contributed by atoms with van der Waals surface area (Å²) < 4.78 is 0. The lowest BCUT2D eigenvalue weighted by Gasteiger charge is -2.00. The van der Waals surface area contributed by atoms with Crippen molar-refractivity contribution < 1.29 is 0 Å². The standard InChI is InChI=1S/C18H9Cl3N2S/c19-14-3-1-2-12(7-14)17-10-24-18(23-17)13(9-22)6-11-4-5-15(20)8-16(11)21/h1-8,10H. The van der Waals surface area contributed by atoms with Gasteiger partial charge in [-0.05, 0) is 35.9 Å². The molecule has 0 unspecified atom stereocenters. The third kappa shape index (κ3) is 3.80. The molecular weight excluding hydrogens is 383 g/mol. The molecule has 0 atom stereocenters. The second-order valence-electron chi connectivity index (χ2n) is 4.88. The van der Waals surface area contributed by atoms with Gasteiger partial charge in [-0.1, -0.05) is 53.0 Å². The molecule has 1 aromatic heterocycles. The van der Waals surface area contributed by atoms with Crippen LogP contribution in [0.25, 0.3) is 22.9 Å². The summed E-state index contributed by atoms with van der Waals surface area (Å²) in [6.45, 7) is 0. The third-order valence-corrected chi connectivity index (χ3v) is 4.91. The SMILES string of the molecule is N#CC(=Cc1ccc(Cl)cc1Cl)c1nc(-c2cccc(Cl)c2)cs1. The number of allylic oxidation sites excluding steroid dienone is 1. The first-order valence-corrected chi connectivity index (χ1v) is 8.87. The number of rotatable bonds is 3. The van der Waals surface area contributed by atoms with Gasteiger partial charge in [-0.3, -0.25) is 0 Å². The van der Waals surface area contributed by atoms with Crippen LogP contribution in [0, 0.1) is 11.3 Å². The molecule has 0 bridgehead atoms. The van der Waals surface area contributed by atoms with E-state index in [-0.39, 0.29) is 0 Å². The highest BCUT2D eigenvalue weighted by Gasteiger charge is 2.10. The first-order valence-electron chi connectivity index (χ1n) is 6.85. The minimum atomic E-state index is 0.442. The Balaban J connectivity index is 1.98. The average molecular weight is 392 g/mol. The number of nitriles is 1. The fourth-order valence-electron chi connectivity index (χ4n) is 2.09. The van der Waals surface area contributed by atoms with Crippen LogP contribution < -0.4 is 0 Å². The van der Waals surface area contributed by atoms with Crippen molar-refractivity contribution in [1.29, 1.82) is 5.26 Å². The fraction of sp³-hybridized carbons (Fsp3) is 0. The van der Waals surface area contributed by atoms with E-state index >= 15 is 0 Å². The average Bonchev–Trinajstić information content (AvgIpc) is 3.04. The summed E-state index contributed by atoms with van der Waals surface area (Å²) in [6.07, 6.45) is 1.71. The van der Waals surface area contributed by atoms with Crippen molar-refractivity contribution in [1.82, 2.24) is 4.98 Å². The zero-order chi connectivity index (χ0) is 17.1. The summed E-state index contributed by atoms with van der Waals surface area (Å²) in [6, 6.07) is 14.8. The summed E-state index contributed by atoms with van der Waals surface area (Å²) in [5, 5.41) is 13.7.